The van der Waals surface area contributed by atoms with Crippen LogP contribution in [0.1, 0.15) is 49.1 Å². The van der Waals surface area contributed by atoms with Gasteiger partial charge in [0, 0.05) is 17.7 Å². The number of carbonyl (C=O) groups is 1. The molecule has 30 heavy (non-hydrogen) atoms. The van der Waals surface area contributed by atoms with Gasteiger partial charge in [-0.15, -0.1) is 13.2 Å². The molecule has 9 heteroatoms. The quantitative estimate of drug-likeness (QED) is 0.628. The number of rotatable bonds is 9. The van der Waals surface area contributed by atoms with Crippen LogP contribution in [0.4, 0.5) is 13.2 Å². The van der Waals surface area contributed by atoms with Crippen LogP contribution in [-0.4, -0.2) is 33.8 Å². The second-order valence-corrected chi connectivity index (χ2v) is 7.61. The van der Waals surface area contributed by atoms with Crippen LogP contribution >= 0.6 is 0 Å². The van der Waals surface area contributed by atoms with Gasteiger partial charge in [0.2, 0.25) is 0 Å². The maximum atomic E-state index is 12.7. The number of carboxylic acid groups (broad SMARTS) is 1. The maximum absolute atomic E-state index is 12.7. The van der Waals surface area contributed by atoms with Crippen LogP contribution in [-0.2, 0) is 17.8 Å². The van der Waals surface area contributed by atoms with Crippen molar-refractivity contribution >= 4 is 5.97 Å². The van der Waals surface area contributed by atoms with Gasteiger partial charge in [0.05, 0.1) is 25.3 Å². The molecule has 0 bridgehead atoms. The van der Waals surface area contributed by atoms with Gasteiger partial charge in [-0.2, -0.15) is 5.10 Å². The van der Waals surface area contributed by atoms with Gasteiger partial charge in [-0.3, -0.25) is 9.48 Å². The number of carboxylic acids is 1. The number of halogens is 3. The van der Waals surface area contributed by atoms with E-state index in [0.717, 1.165) is 18.5 Å². The molecule has 0 saturated heterocycles. The van der Waals surface area contributed by atoms with Crippen LogP contribution in [0.2, 0.25) is 0 Å². The molecule has 0 spiro atoms. The Hall–Kier alpha value is -2.71. The van der Waals surface area contributed by atoms with E-state index in [9.17, 15) is 18.0 Å². The van der Waals surface area contributed by atoms with Crippen molar-refractivity contribution in [3.8, 4) is 11.5 Å². The Bertz CT molecular complexity index is 874. The Balaban J connectivity index is 1.80. The number of nitrogens with zero attached hydrogens (tertiary/aromatic N) is 2. The van der Waals surface area contributed by atoms with Crippen LogP contribution in [0.3, 0.4) is 0 Å². The van der Waals surface area contributed by atoms with E-state index in [0.29, 0.717) is 29.5 Å². The molecular weight excluding hydrogens is 401 g/mol. The molecule has 2 aromatic rings. The first-order valence-electron chi connectivity index (χ1n) is 9.96. The predicted molar refractivity (Wildman–Crippen MR) is 103 cm³/mol. The minimum absolute atomic E-state index is 0.0406. The number of hydrogen-bond acceptors (Lipinski definition) is 4. The molecular formula is C21H25F3N2O4. The monoisotopic (exact) mass is 426 g/mol. The largest absolute Gasteiger partial charge is 0.573 e. The zero-order chi connectivity index (χ0) is 21.7. The Kier molecular flexibility index (Phi) is 6.89. The van der Waals surface area contributed by atoms with E-state index in [-0.39, 0.29) is 25.1 Å². The summed E-state index contributed by atoms with van der Waals surface area (Å²) < 4.78 is 49.6. The van der Waals surface area contributed by atoms with Crippen LogP contribution in [0.5, 0.6) is 11.5 Å². The molecule has 164 valence electrons. The molecule has 1 aromatic heterocycles. The van der Waals surface area contributed by atoms with Gasteiger partial charge in [-0.1, -0.05) is 12.8 Å². The Labute approximate surface area is 172 Å². The van der Waals surface area contributed by atoms with E-state index in [4.69, 9.17) is 9.84 Å². The number of ether oxygens (including phenoxy) is 2. The number of aryl methyl sites for hydroxylation is 2. The second-order valence-electron chi connectivity index (χ2n) is 7.61. The third-order valence-corrected chi connectivity index (χ3v) is 5.16. The number of benzene rings is 1. The summed E-state index contributed by atoms with van der Waals surface area (Å²) in [6, 6.07) is 5.83. The molecule has 1 fully saturated rings. The van der Waals surface area contributed by atoms with E-state index in [2.05, 4.69) is 9.84 Å². The van der Waals surface area contributed by atoms with E-state index in [1.54, 1.807) is 10.7 Å². The van der Waals surface area contributed by atoms with E-state index in [1.807, 2.05) is 6.92 Å². The lowest BCUT2D eigenvalue weighted by molar-refractivity contribution is -0.274. The first-order valence-corrected chi connectivity index (χ1v) is 9.96. The summed E-state index contributed by atoms with van der Waals surface area (Å²) in [6.07, 6.45) is -0.0110. The summed E-state index contributed by atoms with van der Waals surface area (Å²) in [5, 5.41) is 13.2. The maximum Gasteiger partial charge on any atom is 0.573 e. The van der Waals surface area contributed by atoms with Gasteiger partial charge in [-0.05, 0) is 49.9 Å². The van der Waals surface area contributed by atoms with Gasteiger partial charge < -0.3 is 14.6 Å². The van der Waals surface area contributed by atoms with Crippen LogP contribution in [0.15, 0.2) is 24.3 Å². The first-order chi connectivity index (χ1) is 14.2. The summed E-state index contributed by atoms with van der Waals surface area (Å²) in [5.41, 5.74) is 1.91. The van der Waals surface area contributed by atoms with Crippen molar-refractivity contribution in [3.05, 3.63) is 41.2 Å². The minimum Gasteiger partial charge on any atom is -0.493 e. The molecule has 1 aromatic carbocycles. The first kappa shape index (κ1) is 22.0. The third kappa shape index (κ3) is 6.40. The lowest BCUT2D eigenvalue weighted by Crippen LogP contribution is -2.17. The molecule has 1 N–H and O–H groups in total. The predicted octanol–water partition coefficient (Wildman–Crippen LogP) is 4.72. The molecule has 6 nitrogen and oxygen atoms in total. The smallest absolute Gasteiger partial charge is 0.493 e. The molecule has 3 rings (SSSR count). The third-order valence-electron chi connectivity index (χ3n) is 5.16. The van der Waals surface area contributed by atoms with Crippen molar-refractivity contribution < 1.29 is 32.5 Å². The molecule has 0 aliphatic heterocycles. The SMILES string of the molecule is Cc1cc(CCC(=O)O)nn1Cc1cc(OC(F)(F)F)ccc1OCC1CCCC1. The number of alkyl halides is 3. The van der Waals surface area contributed by atoms with Gasteiger partial charge in [0.1, 0.15) is 11.5 Å². The van der Waals surface area contributed by atoms with E-state index < -0.39 is 12.3 Å². The summed E-state index contributed by atoms with van der Waals surface area (Å²) in [7, 11) is 0. The van der Waals surface area contributed by atoms with E-state index in [1.165, 1.54) is 31.0 Å². The van der Waals surface area contributed by atoms with Crippen LogP contribution in [0, 0.1) is 12.8 Å². The van der Waals surface area contributed by atoms with Crippen molar-refractivity contribution in [1.82, 2.24) is 9.78 Å². The average molecular weight is 426 g/mol. The van der Waals surface area contributed by atoms with Gasteiger partial charge in [0.15, 0.2) is 0 Å². The Morgan fingerprint density at radius 3 is 2.67 bits per heavy atom. The average Bonchev–Trinajstić information content (AvgIpc) is 3.28. The van der Waals surface area contributed by atoms with E-state index >= 15 is 0 Å². The highest BCUT2D eigenvalue weighted by atomic mass is 19.4. The van der Waals surface area contributed by atoms with Crippen molar-refractivity contribution in [2.75, 3.05) is 6.61 Å². The van der Waals surface area contributed by atoms with Gasteiger partial charge in [-0.25, -0.2) is 0 Å². The topological polar surface area (TPSA) is 73.6 Å². The molecule has 0 amide bonds. The molecule has 1 heterocycles. The van der Waals surface area contributed by atoms with Crippen LogP contribution in [0.25, 0.3) is 0 Å². The fourth-order valence-corrected chi connectivity index (χ4v) is 3.66. The minimum atomic E-state index is -4.78. The van der Waals surface area contributed by atoms with Crippen molar-refractivity contribution in [2.24, 2.45) is 5.92 Å². The number of aromatic nitrogens is 2. The van der Waals surface area contributed by atoms with Gasteiger partial charge >= 0.3 is 12.3 Å². The number of hydrogen-bond donors (Lipinski definition) is 1. The summed E-state index contributed by atoms with van der Waals surface area (Å²) in [5.74, 6) is -0.278. The zero-order valence-electron chi connectivity index (χ0n) is 16.7. The summed E-state index contributed by atoms with van der Waals surface area (Å²) in [6.45, 7) is 2.52. The lowest BCUT2D eigenvalue weighted by atomic mass is 10.1. The van der Waals surface area contributed by atoms with Crippen molar-refractivity contribution in [1.29, 1.82) is 0 Å². The highest BCUT2D eigenvalue weighted by Crippen LogP contribution is 2.31. The molecule has 0 radical (unpaired) electrons. The zero-order valence-corrected chi connectivity index (χ0v) is 16.7. The normalized spacial score (nSPS) is 14.8. The summed E-state index contributed by atoms with van der Waals surface area (Å²) >= 11 is 0. The fraction of sp³-hybridized carbons (Fsp3) is 0.524. The molecule has 1 aliphatic rings. The Morgan fingerprint density at radius 2 is 2.00 bits per heavy atom. The lowest BCUT2D eigenvalue weighted by Gasteiger charge is -2.17. The molecule has 0 atom stereocenters. The molecule has 0 unspecified atom stereocenters. The van der Waals surface area contributed by atoms with Crippen LogP contribution < -0.4 is 9.47 Å². The fourth-order valence-electron chi connectivity index (χ4n) is 3.66. The number of aliphatic carboxylic acids is 1. The highest BCUT2D eigenvalue weighted by molar-refractivity contribution is 5.66. The standard InChI is InChI=1S/C21H25F3N2O4/c1-14-10-17(6-9-20(27)28)25-26(14)12-16-11-18(30-21(22,23)24)7-8-19(16)29-13-15-4-2-3-5-15/h7-8,10-11,15H,2-6,9,12-13H2,1H3,(H,27,28). The Morgan fingerprint density at radius 1 is 1.27 bits per heavy atom. The molecule has 1 saturated carbocycles. The van der Waals surface area contributed by atoms with Crippen molar-refractivity contribution in [3.63, 3.8) is 0 Å². The van der Waals surface area contributed by atoms with Crippen molar-refractivity contribution in [2.45, 2.75) is 58.4 Å². The van der Waals surface area contributed by atoms with Gasteiger partial charge in [0.25, 0.3) is 0 Å². The second kappa shape index (κ2) is 9.40. The molecule has 1 aliphatic carbocycles. The summed E-state index contributed by atoms with van der Waals surface area (Å²) in [4.78, 5) is 10.8. The highest BCUT2D eigenvalue weighted by Gasteiger charge is 2.31.